The Morgan fingerprint density at radius 2 is 0.732 bits per heavy atom. The zero-order valence-corrected chi connectivity index (χ0v) is 70.9. The molecule has 4 saturated heterocycles. The topological polar surface area (TPSA) is 350 Å². The number of nitrogens with one attached hydrogen (secondary N) is 6. The number of aromatic amines is 2. The van der Waals surface area contributed by atoms with E-state index >= 15 is 0 Å². The van der Waals surface area contributed by atoms with Crippen LogP contribution in [0.4, 0.5) is 68.9 Å². The van der Waals surface area contributed by atoms with Crippen molar-refractivity contribution in [3.63, 3.8) is 0 Å². The fourth-order valence-corrected chi connectivity index (χ4v) is 14.6. The molecule has 4 amide bonds. The molecule has 634 valence electrons. The van der Waals surface area contributed by atoms with Gasteiger partial charge in [0, 0.05) is 191 Å². The maximum Gasteiger partial charge on any atom is 0.272 e. The predicted octanol–water partition coefficient (Wildman–Crippen LogP) is 12.6. The van der Waals surface area contributed by atoms with E-state index in [1.165, 1.54) is 59.3 Å². The Labute approximate surface area is 715 Å². The number of nitrogens with zero attached hydrogens (tertiary/aromatic N) is 19. The summed E-state index contributed by atoms with van der Waals surface area (Å²) in [6.07, 6.45) is 26.5. The maximum atomic E-state index is 12.8. The number of hydrogen-bond donors (Lipinski definition) is 6. The van der Waals surface area contributed by atoms with E-state index in [0.29, 0.717) is 40.5 Å². The highest BCUT2D eigenvalue weighted by Gasteiger charge is 2.29. The predicted molar refractivity (Wildman–Crippen MR) is 485 cm³/mol. The number of carbonyl (C=O) groups is 4. The molecule has 0 saturated carbocycles. The van der Waals surface area contributed by atoms with E-state index in [9.17, 15) is 28.8 Å². The average molecular weight is 1660 g/mol. The van der Waals surface area contributed by atoms with Crippen LogP contribution in [-0.2, 0) is 0 Å². The number of piperazine rings is 4. The normalized spacial score (nSPS) is 14.1. The first-order valence-electron chi connectivity index (χ1n) is 41.6. The van der Waals surface area contributed by atoms with E-state index in [1.807, 2.05) is 55.6 Å². The van der Waals surface area contributed by atoms with Crippen molar-refractivity contribution in [1.82, 2.24) is 64.8 Å². The summed E-state index contributed by atoms with van der Waals surface area (Å²) in [7, 11) is 0. The van der Waals surface area contributed by atoms with Gasteiger partial charge in [-0.3, -0.25) is 48.7 Å². The molecule has 16 rings (SSSR count). The van der Waals surface area contributed by atoms with Crippen molar-refractivity contribution in [2.45, 2.75) is 86.0 Å². The van der Waals surface area contributed by atoms with E-state index in [1.54, 1.807) is 98.5 Å². The monoisotopic (exact) mass is 1660 g/mol. The number of H-pyrrole nitrogens is 2. The Morgan fingerprint density at radius 1 is 0.350 bits per heavy atom. The molecule has 0 unspecified atom stereocenters. The molecule has 0 aliphatic carbocycles. The van der Waals surface area contributed by atoms with E-state index < -0.39 is 11.5 Å². The maximum absolute atomic E-state index is 12.8. The molecule has 4 aromatic carbocycles. The van der Waals surface area contributed by atoms with Crippen LogP contribution >= 0.6 is 0 Å². The zero-order chi connectivity index (χ0) is 86.3. The van der Waals surface area contributed by atoms with Crippen LogP contribution in [0.5, 0.6) is 0 Å². The van der Waals surface area contributed by atoms with Gasteiger partial charge in [-0.05, 0) is 138 Å². The number of pyridine rings is 3. The van der Waals surface area contributed by atoms with E-state index in [0.717, 1.165) is 174 Å². The lowest BCUT2D eigenvalue weighted by Crippen LogP contribution is -2.47. The van der Waals surface area contributed by atoms with Gasteiger partial charge in [0.1, 0.15) is 35.0 Å². The molecule has 12 aromatic rings. The summed E-state index contributed by atoms with van der Waals surface area (Å²) in [6.45, 7) is 32.3. The third-order valence-electron chi connectivity index (χ3n) is 21.7. The average Bonchev–Trinajstić information content (AvgIpc) is 0.812. The molecule has 31 heteroatoms. The molecular formula is C92H105N25O6. The fourth-order valence-electron chi connectivity index (χ4n) is 14.6. The lowest BCUT2D eigenvalue weighted by atomic mass is 10.0. The Kier molecular flexibility index (Phi) is 29.2. The molecule has 4 fully saturated rings. The van der Waals surface area contributed by atoms with Crippen LogP contribution in [-0.4, -0.2) is 193 Å². The van der Waals surface area contributed by atoms with Gasteiger partial charge < -0.3 is 70.4 Å². The van der Waals surface area contributed by atoms with Gasteiger partial charge >= 0.3 is 0 Å². The second-order valence-electron chi connectivity index (χ2n) is 31.3. The van der Waals surface area contributed by atoms with Crippen LogP contribution in [0.1, 0.15) is 149 Å². The number of carbonyl (C=O) groups excluding carboxylic acids is 4. The van der Waals surface area contributed by atoms with Crippen LogP contribution in [0, 0.1) is 6.92 Å². The summed E-state index contributed by atoms with van der Waals surface area (Å²) in [6, 6.07) is 37.9. The highest BCUT2D eigenvalue weighted by atomic mass is 16.2. The van der Waals surface area contributed by atoms with Crippen LogP contribution in [0.25, 0.3) is 0 Å². The van der Waals surface area contributed by atoms with Crippen molar-refractivity contribution in [1.29, 1.82) is 0 Å². The molecule has 31 nitrogen and oxygen atoms in total. The van der Waals surface area contributed by atoms with E-state index in [-0.39, 0.29) is 34.5 Å². The highest BCUT2D eigenvalue weighted by molar-refractivity contribution is 6.08. The lowest BCUT2D eigenvalue weighted by molar-refractivity contribution is 0.101. The standard InChI is InChI=1S/C24H28N6O.2C23H26N6O2.C22H25N7O/c1-17(2)19-6-7-21(28-23(31)20-5-4-9-25-16-20)22(15-19)29-11-13-30(14-12-29)24-26-10-8-18(3)27-24;1-16(2)17-5-6-19(27-23(31)18-4-3-7-26-22(18)30)20(14-17)28-10-12-29(13-11-28)21-15-24-8-9-25-21;1-16(2)17-6-7-18(27-23(31)19-4-3-5-22(30)26-19)20(14-17)28-10-12-29(13-11-28)21-15-24-8-9-25-21;1-16(2)17-3-4-19(27-22(30)18-12-24-15-25-13-18)20(11-17)28-7-9-29(10-8-28)21-14-23-5-6-26-21/h4-10,15-17H,11-14H2,1-3H3,(H,28,31);2*3-9,14-16H,10-13H2,1-2H3,(H,26,30)(H,27,31);3-6,11-16H,7-10H2,1-2H3,(H,27,30). The summed E-state index contributed by atoms with van der Waals surface area (Å²) in [5.41, 5.74) is 13.5. The minimum absolute atomic E-state index is 0.0915. The number of anilines is 12. The second kappa shape index (κ2) is 41.5. The molecule has 8 aromatic heterocycles. The fraction of sp³-hybridized carbons (Fsp3) is 0.315. The van der Waals surface area contributed by atoms with Crippen LogP contribution in [0.2, 0.25) is 0 Å². The number of rotatable bonds is 20. The molecule has 0 radical (unpaired) electrons. The van der Waals surface area contributed by atoms with Crippen molar-refractivity contribution in [3.05, 3.63) is 292 Å². The first kappa shape index (κ1) is 86.5. The molecule has 4 aliphatic rings. The summed E-state index contributed by atoms with van der Waals surface area (Å²) < 4.78 is 0. The number of amides is 4. The van der Waals surface area contributed by atoms with Gasteiger partial charge in [-0.25, -0.2) is 34.9 Å². The Morgan fingerprint density at radius 3 is 1.11 bits per heavy atom. The third kappa shape index (κ3) is 23.0. The summed E-state index contributed by atoms with van der Waals surface area (Å²) in [5, 5.41) is 12.0. The summed E-state index contributed by atoms with van der Waals surface area (Å²) in [4.78, 5) is 144. The van der Waals surface area contributed by atoms with Crippen molar-refractivity contribution in [3.8, 4) is 0 Å². The molecule has 12 heterocycles. The van der Waals surface area contributed by atoms with Gasteiger partial charge in [0.2, 0.25) is 11.5 Å². The quantitative estimate of drug-likeness (QED) is 0.0413. The second-order valence-corrected chi connectivity index (χ2v) is 31.3. The van der Waals surface area contributed by atoms with Crippen molar-refractivity contribution >= 4 is 92.5 Å². The summed E-state index contributed by atoms with van der Waals surface area (Å²) >= 11 is 0. The minimum Gasteiger partial charge on any atom is -0.366 e. The highest BCUT2D eigenvalue weighted by Crippen LogP contribution is 2.37. The molecular weight excluding hydrogens is 1550 g/mol. The van der Waals surface area contributed by atoms with Crippen molar-refractivity contribution in [2.24, 2.45) is 0 Å². The van der Waals surface area contributed by atoms with Gasteiger partial charge in [-0.2, -0.15) is 0 Å². The summed E-state index contributed by atoms with van der Waals surface area (Å²) in [5.74, 6) is 3.83. The van der Waals surface area contributed by atoms with Crippen molar-refractivity contribution < 1.29 is 19.2 Å². The molecule has 0 spiro atoms. The van der Waals surface area contributed by atoms with Crippen LogP contribution in [0.3, 0.4) is 0 Å². The SMILES string of the molecule is CC(C)c1ccc(NC(=O)c2ccc[nH]c2=O)c(N2CCN(c3cnccn3)CC2)c1.CC(C)c1ccc(NC(=O)c2cccc(=O)[nH]2)c(N2CCN(c3cnccn3)CC2)c1.CC(C)c1ccc(NC(=O)c2cncnc2)c(N2CCN(c3cnccn3)CC2)c1.Cc1ccnc(N2CCN(c3cc(C(C)C)ccc3NC(=O)c3cccnc3)CC2)n1. The van der Waals surface area contributed by atoms with Crippen molar-refractivity contribution in [2.75, 3.05) is 165 Å². The number of hydrogen-bond acceptors (Lipinski definition) is 25. The van der Waals surface area contributed by atoms with E-state index in [4.69, 9.17) is 0 Å². The van der Waals surface area contributed by atoms with Gasteiger partial charge in [-0.15, -0.1) is 0 Å². The largest absolute Gasteiger partial charge is 0.366 e. The van der Waals surface area contributed by atoms with Gasteiger partial charge in [0.15, 0.2) is 0 Å². The molecule has 0 atom stereocenters. The lowest BCUT2D eigenvalue weighted by Gasteiger charge is -2.37. The number of aromatic nitrogens is 13. The number of benzene rings is 4. The third-order valence-corrected chi connectivity index (χ3v) is 21.7. The first-order valence-corrected chi connectivity index (χ1v) is 41.6. The zero-order valence-electron chi connectivity index (χ0n) is 70.9. The van der Waals surface area contributed by atoms with Gasteiger partial charge in [0.05, 0.1) is 75.2 Å². The van der Waals surface area contributed by atoms with Gasteiger partial charge in [0.25, 0.3) is 29.2 Å². The van der Waals surface area contributed by atoms with E-state index in [2.05, 4.69) is 217 Å². The van der Waals surface area contributed by atoms with Gasteiger partial charge in [-0.1, -0.05) is 85.7 Å². The number of aryl methyl sites for hydroxylation is 1. The molecule has 4 aliphatic heterocycles. The minimum atomic E-state index is -0.418. The Balaban J connectivity index is 0.000000141. The van der Waals surface area contributed by atoms with Crippen LogP contribution < -0.4 is 71.6 Å². The van der Waals surface area contributed by atoms with Crippen LogP contribution in [0.15, 0.2) is 230 Å². The Bertz CT molecular complexity index is 5620. The smallest absolute Gasteiger partial charge is 0.272 e. The molecule has 123 heavy (non-hydrogen) atoms. The molecule has 6 N–H and O–H groups in total. The Hall–Kier alpha value is -14.4. The molecule has 0 bridgehead atoms. The first-order chi connectivity index (χ1) is 59.7.